The summed E-state index contributed by atoms with van der Waals surface area (Å²) in [6.45, 7) is 0.773. The third-order valence-electron chi connectivity index (χ3n) is 5.80. The molecule has 2 amide bonds. The van der Waals surface area contributed by atoms with Crippen LogP contribution in [0.25, 0.3) is 0 Å². The Bertz CT molecular complexity index is 1120. The van der Waals surface area contributed by atoms with Gasteiger partial charge in [0.1, 0.15) is 17.9 Å². The molecule has 5 nitrogen and oxygen atoms in total. The van der Waals surface area contributed by atoms with Gasteiger partial charge in [-0.15, -0.1) is 0 Å². The standard InChI is InChI=1S/C25H21ClN2O3/c26-19-12-10-18(11-13-19)24(29)28-16-20-14-22(28)25(30)27(15-17-6-2-1-3-7-17)21-8-4-5-9-23(21)31-20/h1-13,20,22H,14-16H2. The number of rotatable bonds is 3. The molecule has 3 aromatic rings. The van der Waals surface area contributed by atoms with E-state index in [1.54, 1.807) is 34.1 Å². The Hall–Kier alpha value is -3.31. The minimum absolute atomic E-state index is 0.0931. The molecule has 2 bridgehead atoms. The van der Waals surface area contributed by atoms with E-state index >= 15 is 0 Å². The highest BCUT2D eigenvalue weighted by Gasteiger charge is 2.45. The fourth-order valence-electron chi connectivity index (χ4n) is 4.29. The maximum atomic E-state index is 13.8. The molecule has 2 aliphatic heterocycles. The van der Waals surface area contributed by atoms with E-state index in [-0.39, 0.29) is 17.9 Å². The number of fused-ring (bicyclic) bond motifs is 3. The van der Waals surface area contributed by atoms with Gasteiger partial charge in [-0.1, -0.05) is 54.1 Å². The number of para-hydroxylation sites is 2. The number of anilines is 1. The van der Waals surface area contributed by atoms with Crippen LogP contribution in [0.15, 0.2) is 78.9 Å². The monoisotopic (exact) mass is 432 g/mol. The van der Waals surface area contributed by atoms with Gasteiger partial charge in [0.25, 0.3) is 5.91 Å². The molecule has 2 aliphatic rings. The number of halogens is 1. The average Bonchev–Trinajstić information content (AvgIpc) is 3.22. The molecule has 0 spiro atoms. The molecule has 2 unspecified atom stereocenters. The van der Waals surface area contributed by atoms with Crippen molar-refractivity contribution < 1.29 is 14.3 Å². The first kappa shape index (κ1) is 19.6. The lowest BCUT2D eigenvalue weighted by molar-refractivity contribution is -0.122. The number of hydrogen-bond acceptors (Lipinski definition) is 3. The lowest BCUT2D eigenvalue weighted by atomic mass is 10.1. The summed E-state index contributed by atoms with van der Waals surface area (Å²) in [6.07, 6.45) is 0.239. The Morgan fingerprint density at radius 2 is 1.68 bits per heavy atom. The zero-order chi connectivity index (χ0) is 21.4. The van der Waals surface area contributed by atoms with Gasteiger partial charge in [0.15, 0.2) is 0 Å². The van der Waals surface area contributed by atoms with E-state index in [2.05, 4.69) is 0 Å². The molecular formula is C25H21ClN2O3. The van der Waals surface area contributed by atoms with Crippen molar-refractivity contribution >= 4 is 29.1 Å². The van der Waals surface area contributed by atoms with Crippen LogP contribution in [-0.4, -0.2) is 35.4 Å². The second-order valence-electron chi connectivity index (χ2n) is 7.83. The first-order chi connectivity index (χ1) is 15.1. The molecule has 0 aliphatic carbocycles. The van der Waals surface area contributed by atoms with Gasteiger partial charge in [-0.3, -0.25) is 9.59 Å². The van der Waals surface area contributed by atoms with E-state index in [4.69, 9.17) is 16.3 Å². The summed E-state index contributed by atoms with van der Waals surface area (Å²) in [7, 11) is 0. The van der Waals surface area contributed by atoms with E-state index in [0.717, 1.165) is 11.3 Å². The Morgan fingerprint density at radius 3 is 2.45 bits per heavy atom. The molecule has 3 aromatic carbocycles. The normalized spacial score (nSPS) is 20.0. The highest BCUT2D eigenvalue weighted by atomic mass is 35.5. The number of carbonyl (C=O) groups excluding carboxylic acids is 2. The van der Waals surface area contributed by atoms with Gasteiger partial charge in [-0.25, -0.2) is 0 Å². The molecule has 0 aromatic heterocycles. The molecule has 6 heteroatoms. The van der Waals surface area contributed by atoms with Crippen molar-refractivity contribution in [2.24, 2.45) is 0 Å². The van der Waals surface area contributed by atoms with Crippen molar-refractivity contribution in [3.05, 3.63) is 95.0 Å². The lowest BCUT2D eigenvalue weighted by Crippen LogP contribution is -2.47. The van der Waals surface area contributed by atoms with E-state index in [9.17, 15) is 9.59 Å². The molecule has 156 valence electrons. The Morgan fingerprint density at radius 1 is 0.968 bits per heavy atom. The molecule has 2 heterocycles. The van der Waals surface area contributed by atoms with E-state index in [0.29, 0.717) is 35.8 Å². The smallest absolute Gasteiger partial charge is 0.254 e. The van der Waals surface area contributed by atoms with E-state index < -0.39 is 6.04 Å². The molecule has 1 saturated heterocycles. The number of amides is 2. The summed E-state index contributed by atoms with van der Waals surface area (Å²) in [5.74, 6) is 0.382. The molecular weight excluding hydrogens is 412 g/mol. The quantitative estimate of drug-likeness (QED) is 0.610. The van der Waals surface area contributed by atoms with Crippen molar-refractivity contribution in [2.45, 2.75) is 25.1 Å². The molecule has 0 radical (unpaired) electrons. The van der Waals surface area contributed by atoms with Gasteiger partial charge >= 0.3 is 0 Å². The number of carbonyl (C=O) groups is 2. The Kier molecular flexibility index (Phi) is 5.12. The highest BCUT2D eigenvalue weighted by Crippen LogP contribution is 2.37. The first-order valence-corrected chi connectivity index (χ1v) is 10.7. The zero-order valence-electron chi connectivity index (χ0n) is 16.8. The van der Waals surface area contributed by atoms with Crippen LogP contribution in [0.2, 0.25) is 5.02 Å². The second kappa shape index (κ2) is 8.08. The summed E-state index contributed by atoms with van der Waals surface area (Å²) in [6, 6.07) is 23.6. The van der Waals surface area contributed by atoms with Crippen LogP contribution in [0.1, 0.15) is 22.3 Å². The molecule has 0 saturated carbocycles. The largest absolute Gasteiger partial charge is 0.486 e. The zero-order valence-corrected chi connectivity index (χ0v) is 17.5. The van der Waals surface area contributed by atoms with Crippen LogP contribution < -0.4 is 9.64 Å². The second-order valence-corrected chi connectivity index (χ2v) is 8.27. The van der Waals surface area contributed by atoms with E-state index in [1.807, 2.05) is 54.6 Å². The summed E-state index contributed by atoms with van der Waals surface area (Å²) < 4.78 is 6.27. The van der Waals surface area contributed by atoms with Crippen molar-refractivity contribution in [3.63, 3.8) is 0 Å². The van der Waals surface area contributed by atoms with Crippen LogP contribution in [0.3, 0.4) is 0 Å². The predicted molar refractivity (Wildman–Crippen MR) is 119 cm³/mol. The third-order valence-corrected chi connectivity index (χ3v) is 6.05. The fourth-order valence-corrected chi connectivity index (χ4v) is 4.41. The van der Waals surface area contributed by atoms with Crippen LogP contribution in [0, 0.1) is 0 Å². The van der Waals surface area contributed by atoms with Crippen molar-refractivity contribution in [2.75, 3.05) is 11.4 Å². The Labute approximate surface area is 185 Å². The number of benzene rings is 3. The minimum atomic E-state index is -0.578. The molecule has 2 atom stereocenters. The predicted octanol–water partition coefficient (Wildman–Crippen LogP) is 4.55. The van der Waals surface area contributed by atoms with Crippen molar-refractivity contribution in [1.82, 2.24) is 4.90 Å². The number of hydrogen-bond donors (Lipinski definition) is 0. The third kappa shape index (κ3) is 3.77. The highest BCUT2D eigenvalue weighted by molar-refractivity contribution is 6.30. The number of ether oxygens (including phenoxy) is 1. The molecule has 31 heavy (non-hydrogen) atoms. The van der Waals surface area contributed by atoms with Gasteiger partial charge in [0.05, 0.1) is 18.8 Å². The first-order valence-electron chi connectivity index (χ1n) is 10.3. The summed E-state index contributed by atoms with van der Waals surface area (Å²) in [4.78, 5) is 30.4. The van der Waals surface area contributed by atoms with Crippen molar-refractivity contribution in [3.8, 4) is 5.75 Å². The van der Waals surface area contributed by atoms with Crippen LogP contribution >= 0.6 is 11.6 Å². The van der Waals surface area contributed by atoms with Crippen molar-refractivity contribution in [1.29, 1.82) is 0 Å². The van der Waals surface area contributed by atoms with Crippen LogP contribution in [0.4, 0.5) is 5.69 Å². The summed E-state index contributed by atoms with van der Waals surface area (Å²) in [5.41, 5.74) is 2.25. The lowest BCUT2D eigenvalue weighted by Gasteiger charge is -2.32. The molecule has 1 fully saturated rings. The minimum Gasteiger partial charge on any atom is -0.486 e. The Balaban J connectivity index is 1.52. The number of nitrogens with zero attached hydrogens (tertiary/aromatic N) is 2. The SMILES string of the molecule is O=C1C2CC(CN2C(=O)c2ccc(Cl)cc2)Oc2ccccc2N1Cc1ccccc1. The maximum absolute atomic E-state index is 13.8. The fraction of sp³-hybridized carbons (Fsp3) is 0.200. The molecule has 0 N–H and O–H groups in total. The maximum Gasteiger partial charge on any atom is 0.254 e. The van der Waals surface area contributed by atoms with Crippen LogP contribution in [-0.2, 0) is 11.3 Å². The van der Waals surface area contributed by atoms with Gasteiger partial charge in [0, 0.05) is 17.0 Å². The summed E-state index contributed by atoms with van der Waals surface area (Å²) >= 11 is 5.97. The van der Waals surface area contributed by atoms with Gasteiger partial charge < -0.3 is 14.5 Å². The van der Waals surface area contributed by atoms with Crippen LogP contribution in [0.5, 0.6) is 5.75 Å². The topological polar surface area (TPSA) is 49.9 Å². The van der Waals surface area contributed by atoms with Gasteiger partial charge in [-0.05, 0) is 42.0 Å². The van der Waals surface area contributed by atoms with Gasteiger partial charge in [-0.2, -0.15) is 0 Å². The van der Waals surface area contributed by atoms with Gasteiger partial charge in [0.2, 0.25) is 5.91 Å². The molecule has 5 rings (SSSR count). The average molecular weight is 433 g/mol. The summed E-state index contributed by atoms with van der Waals surface area (Å²) in [5, 5.41) is 0.564. The van der Waals surface area contributed by atoms with E-state index in [1.165, 1.54) is 0 Å². The number of likely N-dealkylation sites (tertiary alicyclic amines) is 1.